The smallest absolute Gasteiger partial charge is 0.302 e. The number of rotatable bonds is 11. The number of carbonyl (C=O) groups excluding carboxylic acids is 3. The van der Waals surface area contributed by atoms with Crippen LogP contribution in [0, 0.1) is 50.7 Å². The van der Waals surface area contributed by atoms with E-state index in [1.807, 2.05) is 0 Å². The third-order valence-electron chi connectivity index (χ3n) is 15.8. The molecule has 10 heteroatoms. The average Bonchev–Trinajstić information content (AvgIpc) is 3.62. The van der Waals surface area contributed by atoms with Crippen molar-refractivity contribution in [3.8, 4) is 0 Å². The van der Waals surface area contributed by atoms with E-state index in [-0.39, 0.29) is 57.8 Å². The van der Waals surface area contributed by atoms with Gasteiger partial charge in [-0.3, -0.25) is 14.4 Å². The highest BCUT2D eigenvalue weighted by atomic mass is 16.7. The fourth-order valence-electron chi connectivity index (χ4n) is 13.5. The quantitative estimate of drug-likeness (QED) is 0.112. The summed E-state index contributed by atoms with van der Waals surface area (Å²) >= 11 is 0. The molecule has 1 saturated heterocycles. The van der Waals surface area contributed by atoms with E-state index >= 15 is 0 Å². The van der Waals surface area contributed by atoms with Gasteiger partial charge in [0, 0.05) is 24.7 Å². The molecule has 50 heavy (non-hydrogen) atoms. The molecule has 6 aliphatic rings. The molecule has 3 N–H and O–H groups in total. The first-order valence-electron chi connectivity index (χ1n) is 19.2. The lowest BCUT2D eigenvalue weighted by Crippen LogP contribution is -2.68. The maximum Gasteiger partial charge on any atom is 0.302 e. The number of hydrogen-bond acceptors (Lipinski definition) is 10. The fraction of sp³-hybridized carbons (Fsp3) is 0.875. The van der Waals surface area contributed by atoms with Crippen molar-refractivity contribution in [1.82, 2.24) is 0 Å². The summed E-state index contributed by atoms with van der Waals surface area (Å²) in [7, 11) is 0. The Hall–Kier alpha value is -1.85. The van der Waals surface area contributed by atoms with Gasteiger partial charge >= 0.3 is 11.9 Å². The number of fused-ring (bicyclic) bond motifs is 3. The molecular formula is C40H62O10. The fourth-order valence-corrected chi connectivity index (χ4v) is 13.5. The number of aliphatic hydroxyl groups excluding tert-OH is 3. The molecule has 282 valence electrons. The van der Waals surface area contributed by atoms with Crippen LogP contribution >= 0.6 is 0 Å². The third kappa shape index (κ3) is 5.64. The summed E-state index contributed by atoms with van der Waals surface area (Å²) < 4.78 is 24.3. The maximum atomic E-state index is 12.3. The molecule has 0 spiro atoms. The van der Waals surface area contributed by atoms with Crippen LogP contribution in [0.3, 0.4) is 0 Å². The Balaban J connectivity index is 1.35. The Labute approximate surface area is 298 Å². The Kier molecular flexibility index (Phi) is 10.0. The number of aldehydes is 1. The second kappa shape index (κ2) is 13.2. The highest BCUT2D eigenvalue weighted by Gasteiger charge is 2.85. The molecular weight excluding hydrogens is 640 g/mol. The molecule has 1 aliphatic heterocycles. The van der Waals surface area contributed by atoms with Crippen molar-refractivity contribution in [2.75, 3.05) is 6.61 Å². The van der Waals surface area contributed by atoms with Crippen molar-refractivity contribution < 1.29 is 48.7 Å². The van der Waals surface area contributed by atoms with Crippen LogP contribution in [-0.2, 0) is 33.3 Å². The molecule has 0 radical (unpaired) electrons. The van der Waals surface area contributed by atoms with Crippen molar-refractivity contribution in [3.63, 3.8) is 0 Å². The molecule has 5 saturated carbocycles. The standard InChI is InChI=1S/C40H62O10/c1-22(19-41)10-9-11-23(2)26-12-17-40-21-39(26,40)16-13-28-37(7)15-14-30(48-25(4)43)36(5,6)29(37)18-31(38(28,40)8)50-35-34(46)33(45)32(44)27(49-35)20-47-24(3)42/h19,23,26-35,44-46H,1,9-18,20-21H2,2-8H3/t23?,26-,27?,28?,29?,30?,31?,32?,33?,34?,35?,37+,38-,39?,40?/m0/s1. The SMILES string of the molecule is C=C(C=O)CCCC(C)[C@@H]1CCC23CC12CCC1[C@@]2(C)CCC(OC(C)=O)C(C)(C)C2CC(OC2OC(COC(C)=O)C(O)C(O)C2O)[C@]13C. The molecule has 0 aromatic carbocycles. The summed E-state index contributed by atoms with van der Waals surface area (Å²) in [5, 5.41) is 33.0. The highest BCUT2D eigenvalue weighted by Crippen LogP contribution is 2.91. The van der Waals surface area contributed by atoms with Crippen LogP contribution in [0.15, 0.2) is 12.2 Å². The van der Waals surface area contributed by atoms with Crippen LogP contribution in [0.2, 0.25) is 0 Å². The van der Waals surface area contributed by atoms with E-state index in [9.17, 15) is 29.7 Å². The number of allylic oxidation sites excluding steroid dienone is 1. The van der Waals surface area contributed by atoms with Gasteiger partial charge in [0.15, 0.2) is 6.29 Å². The summed E-state index contributed by atoms with van der Waals surface area (Å²) in [5.41, 5.74) is 0.280. The summed E-state index contributed by atoms with van der Waals surface area (Å²) in [4.78, 5) is 35.1. The van der Waals surface area contributed by atoms with E-state index in [0.29, 0.717) is 29.7 Å². The minimum atomic E-state index is -1.54. The molecule has 0 aromatic rings. The molecule has 6 fully saturated rings. The predicted molar refractivity (Wildman–Crippen MR) is 184 cm³/mol. The van der Waals surface area contributed by atoms with Crippen LogP contribution in [0.5, 0.6) is 0 Å². The molecule has 6 rings (SSSR count). The van der Waals surface area contributed by atoms with Crippen molar-refractivity contribution in [3.05, 3.63) is 12.2 Å². The summed E-state index contributed by atoms with van der Waals surface area (Å²) in [5.74, 6) is 0.747. The minimum Gasteiger partial charge on any atom is -0.463 e. The lowest BCUT2D eigenvalue weighted by Gasteiger charge is -2.69. The predicted octanol–water partition coefficient (Wildman–Crippen LogP) is 5.28. The maximum absolute atomic E-state index is 12.3. The molecule has 12 unspecified atom stereocenters. The molecule has 0 amide bonds. The van der Waals surface area contributed by atoms with E-state index in [1.165, 1.54) is 20.3 Å². The van der Waals surface area contributed by atoms with Gasteiger partial charge in [-0.25, -0.2) is 0 Å². The van der Waals surface area contributed by atoms with Crippen LogP contribution < -0.4 is 0 Å². The normalized spacial score (nSPS) is 47.8. The van der Waals surface area contributed by atoms with E-state index in [0.717, 1.165) is 64.1 Å². The average molecular weight is 703 g/mol. The van der Waals surface area contributed by atoms with Gasteiger partial charge in [-0.2, -0.15) is 0 Å². The van der Waals surface area contributed by atoms with E-state index in [1.54, 1.807) is 0 Å². The number of hydrogen-bond donors (Lipinski definition) is 3. The lowest BCUT2D eigenvalue weighted by atomic mass is 9.37. The van der Waals surface area contributed by atoms with Gasteiger partial charge in [0.05, 0.1) is 6.10 Å². The van der Waals surface area contributed by atoms with E-state index in [2.05, 4.69) is 41.2 Å². The Morgan fingerprint density at radius 1 is 0.940 bits per heavy atom. The highest BCUT2D eigenvalue weighted by molar-refractivity contribution is 5.71. The molecule has 1 heterocycles. The summed E-state index contributed by atoms with van der Waals surface area (Å²) in [6, 6.07) is 0. The minimum absolute atomic E-state index is 0.0310. The van der Waals surface area contributed by atoms with Gasteiger partial charge in [-0.05, 0) is 110 Å². The summed E-state index contributed by atoms with van der Waals surface area (Å²) in [6.45, 7) is 18.1. The first-order valence-corrected chi connectivity index (χ1v) is 19.2. The van der Waals surface area contributed by atoms with Gasteiger partial charge < -0.3 is 34.3 Å². The van der Waals surface area contributed by atoms with Gasteiger partial charge in [0.2, 0.25) is 0 Å². The zero-order valence-electron chi connectivity index (χ0n) is 31.3. The van der Waals surface area contributed by atoms with Crippen LogP contribution in [0.25, 0.3) is 0 Å². The van der Waals surface area contributed by atoms with Crippen molar-refractivity contribution in [2.45, 2.75) is 162 Å². The van der Waals surface area contributed by atoms with Crippen LogP contribution in [-0.4, -0.2) is 83.1 Å². The lowest BCUT2D eigenvalue weighted by molar-refractivity contribution is -0.344. The number of carbonyl (C=O) groups is 3. The monoisotopic (exact) mass is 702 g/mol. The number of aliphatic hydroxyl groups is 3. The Morgan fingerprint density at radius 3 is 2.32 bits per heavy atom. The number of ether oxygens (including phenoxy) is 4. The van der Waals surface area contributed by atoms with Gasteiger partial charge in [-0.15, -0.1) is 0 Å². The van der Waals surface area contributed by atoms with Crippen molar-refractivity contribution >= 4 is 18.2 Å². The van der Waals surface area contributed by atoms with Gasteiger partial charge in [0.25, 0.3) is 0 Å². The largest absolute Gasteiger partial charge is 0.463 e. The molecule has 0 aromatic heterocycles. The summed E-state index contributed by atoms with van der Waals surface area (Å²) in [6.07, 6.45) is 4.38. The molecule has 10 nitrogen and oxygen atoms in total. The van der Waals surface area contributed by atoms with Crippen LogP contribution in [0.4, 0.5) is 0 Å². The first kappa shape index (κ1) is 37.9. The Morgan fingerprint density at radius 2 is 1.66 bits per heavy atom. The second-order valence-electron chi connectivity index (χ2n) is 18.3. The first-order chi connectivity index (χ1) is 23.4. The topological polar surface area (TPSA) is 149 Å². The van der Waals surface area contributed by atoms with Gasteiger partial charge in [-0.1, -0.05) is 47.6 Å². The Bertz CT molecular complexity index is 1350. The third-order valence-corrected chi connectivity index (χ3v) is 15.8. The van der Waals surface area contributed by atoms with Crippen molar-refractivity contribution in [2.24, 2.45) is 50.7 Å². The zero-order chi connectivity index (χ0) is 36.6. The van der Waals surface area contributed by atoms with Crippen molar-refractivity contribution in [1.29, 1.82) is 0 Å². The molecule has 15 atom stereocenters. The number of esters is 2. The van der Waals surface area contributed by atoms with Crippen LogP contribution in [0.1, 0.15) is 119 Å². The molecule has 0 bridgehead atoms. The van der Waals surface area contributed by atoms with E-state index in [4.69, 9.17) is 18.9 Å². The van der Waals surface area contributed by atoms with Gasteiger partial charge in [0.1, 0.15) is 43.4 Å². The molecule has 5 aliphatic carbocycles. The second-order valence-corrected chi connectivity index (χ2v) is 18.3. The van der Waals surface area contributed by atoms with E-state index < -0.39 is 36.7 Å². The zero-order valence-corrected chi connectivity index (χ0v) is 31.3.